The Morgan fingerprint density at radius 1 is 1.11 bits per heavy atom. The van der Waals surface area contributed by atoms with E-state index in [-0.39, 0.29) is 11.8 Å². The van der Waals surface area contributed by atoms with Gasteiger partial charge in [0.05, 0.1) is 20.5 Å². The van der Waals surface area contributed by atoms with Crippen molar-refractivity contribution in [2.45, 2.75) is 37.6 Å². The summed E-state index contributed by atoms with van der Waals surface area (Å²) in [5.74, 6) is -0.389. The van der Waals surface area contributed by atoms with E-state index >= 15 is 0 Å². The van der Waals surface area contributed by atoms with Gasteiger partial charge in [0.1, 0.15) is 0 Å². The van der Waals surface area contributed by atoms with Crippen molar-refractivity contribution in [3.63, 3.8) is 0 Å². The Kier molecular flexibility index (Phi) is 7.14. The maximum Gasteiger partial charge on any atom is 0.265 e. The van der Waals surface area contributed by atoms with E-state index in [0.717, 1.165) is 18.5 Å². The summed E-state index contributed by atoms with van der Waals surface area (Å²) in [5, 5.41) is 3.35. The molecular formula is C28H29Cl2N3O2S. The fourth-order valence-electron chi connectivity index (χ4n) is 4.94. The van der Waals surface area contributed by atoms with Crippen LogP contribution < -0.4 is 5.32 Å². The maximum absolute atomic E-state index is 13.3. The predicted octanol–water partition coefficient (Wildman–Crippen LogP) is 6.49. The Hall–Kier alpha value is -2.38. The van der Waals surface area contributed by atoms with E-state index < -0.39 is 0 Å². The molecule has 5 nitrogen and oxygen atoms in total. The highest BCUT2D eigenvalue weighted by Crippen LogP contribution is 2.51. The lowest BCUT2D eigenvalue weighted by Crippen LogP contribution is -2.27. The van der Waals surface area contributed by atoms with Crippen molar-refractivity contribution >= 4 is 52.0 Å². The first kappa shape index (κ1) is 25.3. The Morgan fingerprint density at radius 2 is 1.86 bits per heavy atom. The fraction of sp³-hybridized carbons (Fsp3) is 0.357. The van der Waals surface area contributed by atoms with Crippen LogP contribution in [0.3, 0.4) is 0 Å². The molecule has 1 fully saturated rings. The number of carbonyl (C=O) groups is 2. The van der Waals surface area contributed by atoms with Gasteiger partial charge in [0.2, 0.25) is 0 Å². The largest absolute Gasteiger partial charge is 0.334 e. The number of hydrogen-bond donors (Lipinski definition) is 1. The monoisotopic (exact) mass is 541 g/mol. The van der Waals surface area contributed by atoms with Crippen molar-refractivity contribution < 1.29 is 9.59 Å². The molecule has 2 amide bonds. The van der Waals surface area contributed by atoms with Gasteiger partial charge in [-0.1, -0.05) is 47.5 Å². The first-order valence-corrected chi connectivity index (χ1v) is 13.7. The van der Waals surface area contributed by atoms with Gasteiger partial charge in [-0.2, -0.15) is 0 Å². The molecule has 1 aliphatic heterocycles. The number of carbonyl (C=O) groups excluding carboxylic acids is 2. The van der Waals surface area contributed by atoms with Crippen molar-refractivity contribution in [2.75, 3.05) is 32.5 Å². The molecule has 5 rings (SSSR count). The van der Waals surface area contributed by atoms with Gasteiger partial charge in [-0.3, -0.25) is 9.59 Å². The number of halogens is 2. The quantitative estimate of drug-likeness (QED) is 0.336. The summed E-state index contributed by atoms with van der Waals surface area (Å²) >= 11 is 13.5. The van der Waals surface area contributed by atoms with Crippen LogP contribution in [-0.4, -0.2) is 48.8 Å². The molecule has 36 heavy (non-hydrogen) atoms. The summed E-state index contributed by atoms with van der Waals surface area (Å²) in [6.07, 6.45) is 4.50. The van der Waals surface area contributed by atoms with E-state index in [9.17, 15) is 9.59 Å². The minimum atomic E-state index is -0.304. The molecule has 2 aromatic carbocycles. The zero-order valence-electron chi connectivity index (χ0n) is 20.4. The predicted molar refractivity (Wildman–Crippen MR) is 148 cm³/mol. The van der Waals surface area contributed by atoms with Crippen molar-refractivity contribution in [1.29, 1.82) is 0 Å². The van der Waals surface area contributed by atoms with Gasteiger partial charge in [0, 0.05) is 18.1 Å². The minimum Gasteiger partial charge on any atom is -0.334 e. The van der Waals surface area contributed by atoms with Crippen LogP contribution in [0.2, 0.25) is 9.36 Å². The average Bonchev–Trinajstić information content (AvgIpc) is 3.40. The summed E-state index contributed by atoms with van der Waals surface area (Å²) in [5.41, 5.74) is 4.79. The second kappa shape index (κ2) is 10.2. The molecule has 2 aliphatic rings. The number of benzene rings is 2. The highest BCUT2D eigenvalue weighted by atomic mass is 35.5. The molecule has 1 N–H and O–H groups in total. The van der Waals surface area contributed by atoms with Crippen LogP contribution in [0.1, 0.15) is 56.0 Å². The number of nitrogens with zero attached hydrogens (tertiary/aromatic N) is 2. The molecule has 1 saturated carbocycles. The van der Waals surface area contributed by atoms with E-state index in [4.69, 9.17) is 23.2 Å². The summed E-state index contributed by atoms with van der Waals surface area (Å²) in [7, 11) is 4.25. The van der Waals surface area contributed by atoms with Gasteiger partial charge < -0.3 is 15.1 Å². The molecule has 3 aromatic rings. The number of fused-ring (bicyclic) bond motifs is 1. The molecular weight excluding hydrogens is 513 g/mol. The SMILES string of the molecule is CN(C)CCC1(c2ccc(CCN3Cc4cc(Cl)cc(NC(=O)c5ccc(Cl)s5)c4C3=O)cc2)CC1. The second-order valence-electron chi connectivity index (χ2n) is 10.1. The zero-order chi connectivity index (χ0) is 25.4. The Morgan fingerprint density at radius 3 is 2.50 bits per heavy atom. The van der Waals surface area contributed by atoms with Crippen LogP contribution in [0, 0.1) is 0 Å². The molecule has 0 bridgehead atoms. The smallest absolute Gasteiger partial charge is 0.265 e. The van der Waals surface area contributed by atoms with Crippen LogP contribution in [0.5, 0.6) is 0 Å². The van der Waals surface area contributed by atoms with Crippen molar-refractivity contribution in [1.82, 2.24) is 9.80 Å². The highest BCUT2D eigenvalue weighted by Gasteiger charge is 2.43. The van der Waals surface area contributed by atoms with E-state index in [0.29, 0.717) is 44.0 Å². The molecule has 0 unspecified atom stereocenters. The molecule has 2 heterocycles. The van der Waals surface area contributed by atoms with Crippen LogP contribution in [0.25, 0.3) is 0 Å². The first-order valence-electron chi connectivity index (χ1n) is 12.2. The molecule has 8 heteroatoms. The van der Waals surface area contributed by atoms with Gasteiger partial charge in [-0.15, -0.1) is 11.3 Å². The topological polar surface area (TPSA) is 52.6 Å². The Balaban J connectivity index is 1.24. The van der Waals surface area contributed by atoms with E-state index in [1.54, 1.807) is 18.2 Å². The molecule has 188 valence electrons. The van der Waals surface area contributed by atoms with E-state index in [1.165, 1.54) is 41.7 Å². The standard InChI is InChI=1S/C28H29Cl2N3O2S/c1-32(2)14-12-28(10-11-28)20-5-3-18(4-6-20)9-13-33-17-19-15-21(29)16-22(25(19)27(33)35)31-26(34)23-7-8-24(30)36-23/h3-8,15-16H,9-14,17H2,1-2H3,(H,31,34). The first-order chi connectivity index (χ1) is 17.2. The number of amides is 2. The van der Waals surface area contributed by atoms with Gasteiger partial charge in [-0.05, 0) is 92.7 Å². The van der Waals surface area contributed by atoms with Gasteiger partial charge in [-0.25, -0.2) is 0 Å². The minimum absolute atomic E-state index is 0.0848. The molecule has 1 aromatic heterocycles. The van der Waals surface area contributed by atoms with Crippen molar-refractivity contribution in [2.24, 2.45) is 0 Å². The van der Waals surface area contributed by atoms with E-state index in [2.05, 4.69) is 48.6 Å². The second-order valence-corrected chi connectivity index (χ2v) is 12.2. The van der Waals surface area contributed by atoms with Gasteiger partial charge >= 0.3 is 0 Å². The summed E-state index contributed by atoms with van der Waals surface area (Å²) in [4.78, 5) is 30.5. The van der Waals surface area contributed by atoms with E-state index in [1.807, 2.05) is 11.0 Å². The lowest BCUT2D eigenvalue weighted by molar-refractivity contribution is 0.0781. The van der Waals surface area contributed by atoms with Gasteiger partial charge in [0.25, 0.3) is 11.8 Å². The molecule has 0 radical (unpaired) electrons. The molecule has 0 saturated heterocycles. The third-order valence-electron chi connectivity index (χ3n) is 7.22. The van der Waals surface area contributed by atoms with Crippen LogP contribution >= 0.6 is 34.5 Å². The van der Waals surface area contributed by atoms with Gasteiger partial charge in [0.15, 0.2) is 0 Å². The Labute approximate surface area is 226 Å². The summed E-state index contributed by atoms with van der Waals surface area (Å²) in [6, 6.07) is 15.7. The third kappa shape index (κ3) is 5.32. The number of anilines is 1. The van der Waals surface area contributed by atoms with Crippen molar-refractivity contribution in [3.8, 4) is 0 Å². The summed E-state index contributed by atoms with van der Waals surface area (Å²) < 4.78 is 0.535. The maximum atomic E-state index is 13.3. The van der Waals surface area contributed by atoms with Crippen LogP contribution in [-0.2, 0) is 18.4 Å². The van der Waals surface area contributed by atoms with Crippen LogP contribution in [0.4, 0.5) is 5.69 Å². The highest BCUT2D eigenvalue weighted by molar-refractivity contribution is 7.18. The molecule has 0 atom stereocenters. The number of nitrogens with one attached hydrogen (secondary N) is 1. The average molecular weight is 543 g/mol. The number of thiophene rings is 1. The lowest BCUT2D eigenvalue weighted by atomic mass is 9.91. The molecule has 0 spiro atoms. The van der Waals surface area contributed by atoms with Crippen LogP contribution in [0.15, 0.2) is 48.5 Å². The fourth-order valence-corrected chi connectivity index (χ4v) is 6.12. The zero-order valence-corrected chi connectivity index (χ0v) is 22.8. The third-order valence-corrected chi connectivity index (χ3v) is 8.67. The van der Waals surface area contributed by atoms with Crippen molar-refractivity contribution in [3.05, 3.63) is 85.0 Å². The molecule has 1 aliphatic carbocycles. The lowest BCUT2D eigenvalue weighted by Gasteiger charge is -2.19. The Bertz CT molecular complexity index is 1300. The number of rotatable bonds is 9. The normalized spacial score (nSPS) is 15.9. The summed E-state index contributed by atoms with van der Waals surface area (Å²) in [6.45, 7) is 2.19. The number of hydrogen-bond acceptors (Lipinski definition) is 4.